The smallest absolute Gasteiger partial charge is 0.0381 e. The van der Waals surface area contributed by atoms with E-state index in [4.69, 9.17) is 0 Å². The van der Waals surface area contributed by atoms with Crippen LogP contribution in [0.3, 0.4) is 0 Å². The first-order valence-electron chi connectivity index (χ1n) is 13.4. The SMILES string of the molecule is C=C(NCC1(N(CC)CCC)CCCCC1)c1cc(CC)c(CCCCC)c(CC)c1. The van der Waals surface area contributed by atoms with Gasteiger partial charge in [-0.3, -0.25) is 4.90 Å². The van der Waals surface area contributed by atoms with E-state index in [1.54, 1.807) is 5.56 Å². The summed E-state index contributed by atoms with van der Waals surface area (Å²) in [6.45, 7) is 19.4. The lowest BCUT2D eigenvalue weighted by atomic mass is 9.79. The highest BCUT2D eigenvalue weighted by Gasteiger charge is 2.36. The summed E-state index contributed by atoms with van der Waals surface area (Å²) in [7, 11) is 0. The van der Waals surface area contributed by atoms with Crippen molar-refractivity contribution < 1.29 is 0 Å². The summed E-state index contributed by atoms with van der Waals surface area (Å²) in [5.74, 6) is 0. The standard InChI is InChI=1S/C29H50N2/c1-7-12-14-17-28-25(9-3)21-27(22-26(28)10-4)24(6)30-23-29(18-15-13-16-19-29)31(11-5)20-8-2/h21-22,30H,6-20,23H2,1-5H3. The molecule has 1 aromatic carbocycles. The second-order valence-electron chi connectivity index (χ2n) is 9.63. The van der Waals surface area contributed by atoms with Gasteiger partial charge in [0.25, 0.3) is 0 Å². The Morgan fingerprint density at radius 2 is 1.58 bits per heavy atom. The van der Waals surface area contributed by atoms with Crippen molar-refractivity contribution in [3.8, 4) is 0 Å². The zero-order chi connectivity index (χ0) is 22.7. The van der Waals surface area contributed by atoms with Gasteiger partial charge < -0.3 is 5.32 Å². The van der Waals surface area contributed by atoms with E-state index in [2.05, 4.69) is 63.5 Å². The summed E-state index contributed by atoms with van der Waals surface area (Å²) in [5, 5.41) is 3.82. The van der Waals surface area contributed by atoms with Gasteiger partial charge in [-0.1, -0.05) is 73.3 Å². The average Bonchev–Trinajstić information content (AvgIpc) is 2.81. The summed E-state index contributed by atoms with van der Waals surface area (Å²) < 4.78 is 0. The molecule has 1 fully saturated rings. The molecule has 0 heterocycles. The fourth-order valence-corrected chi connectivity index (χ4v) is 5.66. The average molecular weight is 427 g/mol. The fraction of sp³-hybridized carbons (Fsp3) is 0.724. The third-order valence-electron chi connectivity index (χ3n) is 7.54. The summed E-state index contributed by atoms with van der Waals surface area (Å²) in [6.07, 6.45) is 15.4. The first-order chi connectivity index (χ1) is 15.0. The number of rotatable bonds is 14. The number of nitrogens with zero attached hydrogens (tertiary/aromatic N) is 1. The predicted molar refractivity (Wildman–Crippen MR) is 139 cm³/mol. The Morgan fingerprint density at radius 1 is 0.935 bits per heavy atom. The second-order valence-corrected chi connectivity index (χ2v) is 9.63. The van der Waals surface area contributed by atoms with E-state index >= 15 is 0 Å². The van der Waals surface area contributed by atoms with Crippen LogP contribution in [-0.4, -0.2) is 30.1 Å². The number of hydrogen-bond donors (Lipinski definition) is 1. The van der Waals surface area contributed by atoms with Crippen LogP contribution in [0.15, 0.2) is 18.7 Å². The van der Waals surface area contributed by atoms with Crippen molar-refractivity contribution in [3.05, 3.63) is 41.0 Å². The summed E-state index contributed by atoms with van der Waals surface area (Å²) in [4.78, 5) is 2.75. The molecule has 0 aliphatic heterocycles. The first-order valence-corrected chi connectivity index (χ1v) is 13.4. The number of benzene rings is 1. The lowest BCUT2D eigenvalue weighted by Gasteiger charge is -2.47. The van der Waals surface area contributed by atoms with Crippen molar-refractivity contribution in [2.75, 3.05) is 19.6 Å². The molecule has 31 heavy (non-hydrogen) atoms. The third-order valence-corrected chi connectivity index (χ3v) is 7.54. The Labute approximate surface area is 193 Å². The van der Waals surface area contributed by atoms with Gasteiger partial charge in [0.2, 0.25) is 0 Å². The third kappa shape index (κ3) is 6.85. The van der Waals surface area contributed by atoms with Gasteiger partial charge in [0.15, 0.2) is 0 Å². The number of nitrogens with one attached hydrogen (secondary N) is 1. The molecule has 0 atom stereocenters. The summed E-state index contributed by atoms with van der Waals surface area (Å²) in [6, 6.07) is 4.85. The maximum Gasteiger partial charge on any atom is 0.0381 e. The fourth-order valence-electron chi connectivity index (χ4n) is 5.66. The quantitative estimate of drug-likeness (QED) is 0.309. The van der Waals surface area contributed by atoms with Crippen molar-refractivity contribution in [2.24, 2.45) is 0 Å². The molecule has 1 aliphatic carbocycles. The van der Waals surface area contributed by atoms with Crippen molar-refractivity contribution in [1.29, 1.82) is 0 Å². The highest BCUT2D eigenvalue weighted by molar-refractivity contribution is 5.64. The minimum Gasteiger partial charge on any atom is -0.383 e. The van der Waals surface area contributed by atoms with E-state index in [0.29, 0.717) is 5.54 Å². The number of likely N-dealkylation sites (N-methyl/N-ethyl adjacent to an activating group) is 1. The summed E-state index contributed by atoms with van der Waals surface area (Å²) in [5.41, 5.74) is 7.38. The maximum atomic E-state index is 4.50. The van der Waals surface area contributed by atoms with Crippen molar-refractivity contribution >= 4 is 5.70 Å². The highest BCUT2D eigenvalue weighted by Crippen LogP contribution is 2.34. The molecule has 1 aliphatic rings. The van der Waals surface area contributed by atoms with Crippen LogP contribution in [0, 0.1) is 0 Å². The van der Waals surface area contributed by atoms with Crippen LogP contribution in [0.5, 0.6) is 0 Å². The van der Waals surface area contributed by atoms with Crippen molar-refractivity contribution in [1.82, 2.24) is 10.2 Å². The molecular formula is C29H50N2. The van der Waals surface area contributed by atoms with E-state index in [1.807, 2.05) is 0 Å². The van der Waals surface area contributed by atoms with Gasteiger partial charge in [-0.2, -0.15) is 0 Å². The predicted octanol–water partition coefficient (Wildman–Crippen LogP) is 7.54. The Morgan fingerprint density at radius 3 is 2.10 bits per heavy atom. The Hall–Kier alpha value is -1.28. The molecule has 2 rings (SSSR count). The van der Waals surface area contributed by atoms with E-state index in [9.17, 15) is 0 Å². The van der Waals surface area contributed by atoms with Crippen molar-refractivity contribution in [3.63, 3.8) is 0 Å². The number of unbranched alkanes of at least 4 members (excludes halogenated alkanes) is 2. The first kappa shape index (κ1) is 26.0. The number of hydrogen-bond acceptors (Lipinski definition) is 2. The molecular weight excluding hydrogens is 376 g/mol. The molecule has 1 saturated carbocycles. The van der Waals surface area contributed by atoms with Crippen molar-refractivity contribution in [2.45, 2.75) is 117 Å². The van der Waals surface area contributed by atoms with Gasteiger partial charge >= 0.3 is 0 Å². The largest absolute Gasteiger partial charge is 0.383 e. The van der Waals surface area contributed by atoms with E-state index in [0.717, 1.165) is 31.6 Å². The topological polar surface area (TPSA) is 15.3 Å². The molecule has 0 saturated heterocycles. The molecule has 0 bridgehead atoms. The van der Waals surface area contributed by atoms with Gasteiger partial charge in [-0.05, 0) is 92.4 Å². The van der Waals surface area contributed by atoms with Gasteiger partial charge in [0, 0.05) is 17.8 Å². The lowest BCUT2D eigenvalue weighted by molar-refractivity contribution is 0.0575. The van der Waals surface area contributed by atoms with Crippen LogP contribution >= 0.6 is 0 Å². The van der Waals surface area contributed by atoms with Crippen LogP contribution < -0.4 is 5.32 Å². The molecule has 2 nitrogen and oxygen atoms in total. The molecule has 0 spiro atoms. The monoisotopic (exact) mass is 426 g/mol. The molecule has 2 heteroatoms. The van der Waals surface area contributed by atoms with Crippen LogP contribution in [0.4, 0.5) is 0 Å². The summed E-state index contributed by atoms with van der Waals surface area (Å²) >= 11 is 0. The van der Waals surface area contributed by atoms with E-state index in [1.165, 1.54) is 87.4 Å². The van der Waals surface area contributed by atoms with Crippen LogP contribution in [-0.2, 0) is 19.3 Å². The van der Waals surface area contributed by atoms with E-state index < -0.39 is 0 Å². The van der Waals surface area contributed by atoms with Gasteiger partial charge in [-0.15, -0.1) is 0 Å². The zero-order valence-corrected chi connectivity index (χ0v) is 21.4. The van der Waals surface area contributed by atoms with Gasteiger partial charge in [-0.25, -0.2) is 0 Å². The molecule has 0 radical (unpaired) electrons. The Balaban J connectivity index is 2.19. The van der Waals surface area contributed by atoms with Crippen LogP contribution in [0.1, 0.15) is 115 Å². The van der Waals surface area contributed by atoms with Crippen LogP contribution in [0.2, 0.25) is 0 Å². The lowest BCUT2D eigenvalue weighted by Crippen LogP contribution is -2.55. The molecule has 1 N–H and O–H groups in total. The van der Waals surface area contributed by atoms with Gasteiger partial charge in [0.05, 0.1) is 0 Å². The zero-order valence-electron chi connectivity index (χ0n) is 21.4. The minimum atomic E-state index is 0.299. The van der Waals surface area contributed by atoms with Gasteiger partial charge in [0.1, 0.15) is 0 Å². The molecule has 176 valence electrons. The Kier molecular flexibility index (Phi) is 11.2. The number of aryl methyl sites for hydroxylation is 2. The highest BCUT2D eigenvalue weighted by atomic mass is 15.2. The maximum absolute atomic E-state index is 4.50. The molecule has 1 aromatic rings. The molecule has 0 unspecified atom stereocenters. The van der Waals surface area contributed by atoms with E-state index in [-0.39, 0.29) is 0 Å². The molecule has 0 amide bonds. The van der Waals surface area contributed by atoms with Crippen LogP contribution in [0.25, 0.3) is 5.70 Å². The Bertz CT molecular complexity index is 644. The normalized spacial score (nSPS) is 15.9. The molecule has 0 aromatic heterocycles. The minimum absolute atomic E-state index is 0.299. The second kappa shape index (κ2) is 13.3.